The normalized spacial score (nSPS) is 11.3. The quantitative estimate of drug-likeness (QED) is 0.792. The molecule has 0 aliphatic carbocycles. The van der Waals surface area contributed by atoms with Gasteiger partial charge in [0.15, 0.2) is 0 Å². The second-order valence-corrected chi connectivity index (χ2v) is 5.55. The molecule has 2 aromatic rings. The molecule has 2 rings (SSSR count). The zero-order valence-electron chi connectivity index (χ0n) is 14.1. The molecule has 0 heterocycles. The number of carbonyl (C=O) groups is 3. The highest BCUT2D eigenvalue weighted by atomic mass is 16.5. The van der Waals surface area contributed by atoms with Crippen molar-refractivity contribution in [1.29, 1.82) is 0 Å². The Labute approximate surface area is 146 Å². The summed E-state index contributed by atoms with van der Waals surface area (Å²) in [6.07, 6.45) is 0.105. The molecule has 0 saturated carbocycles. The minimum absolute atomic E-state index is 0.105. The lowest BCUT2D eigenvalue weighted by Gasteiger charge is -2.13. The van der Waals surface area contributed by atoms with Crippen molar-refractivity contribution >= 4 is 23.5 Å². The highest BCUT2D eigenvalue weighted by molar-refractivity contribution is 6.04. The highest BCUT2D eigenvalue weighted by Crippen LogP contribution is 2.12. The summed E-state index contributed by atoms with van der Waals surface area (Å²) < 4.78 is 4.57. The van der Waals surface area contributed by atoms with Crippen molar-refractivity contribution in [3.8, 4) is 0 Å². The highest BCUT2D eigenvalue weighted by Gasteiger charge is 2.13. The van der Waals surface area contributed by atoms with Crippen molar-refractivity contribution < 1.29 is 19.1 Å². The van der Waals surface area contributed by atoms with E-state index in [0.717, 1.165) is 0 Å². The molecule has 6 nitrogen and oxygen atoms in total. The van der Waals surface area contributed by atoms with Crippen LogP contribution in [0.15, 0.2) is 54.6 Å². The third-order valence-electron chi connectivity index (χ3n) is 3.52. The van der Waals surface area contributed by atoms with Crippen LogP contribution in [0, 0.1) is 0 Å². The van der Waals surface area contributed by atoms with Gasteiger partial charge in [0.05, 0.1) is 13.5 Å². The molecule has 0 aliphatic rings. The van der Waals surface area contributed by atoms with Gasteiger partial charge in [0.25, 0.3) is 11.8 Å². The molecule has 2 amide bonds. The first kappa shape index (κ1) is 18.2. The standard InChI is InChI=1S/C19H20N2O4/c1-13(12-17(22)25-2)20-18(23)15-8-10-16(11-9-15)21-19(24)14-6-4-3-5-7-14/h3-11,13H,12H2,1-2H3,(H,20,23)(H,21,24). The molecule has 2 aromatic carbocycles. The first-order chi connectivity index (χ1) is 12.0. The molecular formula is C19H20N2O4. The Kier molecular flexibility index (Phi) is 6.28. The van der Waals surface area contributed by atoms with Crippen molar-refractivity contribution in [1.82, 2.24) is 5.32 Å². The van der Waals surface area contributed by atoms with Crippen molar-refractivity contribution in [3.63, 3.8) is 0 Å². The number of amides is 2. The van der Waals surface area contributed by atoms with Crippen LogP contribution in [0.3, 0.4) is 0 Å². The lowest BCUT2D eigenvalue weighted by molar-refractivity contribution is -0.141. The van der Waals surface area contributed by atoms with E-state index in [1.165, 1.54) is 7.11 Å². The summed E-state index contributed by atoms with van der Waals surface area (Å²) in [6.45, 7) is 1.73. The fourth-order valence-corrected chi connectivity index (χ4v) is 2.19. The summed E-state index contributed by atoms with van der Waals surface area (Å²) >= 11 is 0. The van der Waals surface area contributed by atoms with E-state index in [0.29, 0.717) is 16.8 Å². The number of methoxy groups -OCH3 is 1. The van der Waals surface area contributed by atoms with E-state index < -0.39 is 0 Å². The SMILES string of the molecule is COC(=O)CC(C)NC(=O)c1ccc(NC(=O)c2ccccc2)cc1. The lowest BCUT2D eigenvalue weighted by Crippen LogP contribution is -2.34. The number of ether oxygens (including phenoxy) is 1. The molecule has 0 fully saturated rings. The minimum atomic E-state index is -0.383. The van der Waals surface area contributed by atoms with Gasteiger partial charge in [-0.1, -0.05) is 18.2 Å². The van der Waals surface area contributed by atoms with Gasteiger partial charge >= 0.3 is 5.97 Å². The van der Waals surface area contributed by atoms with E-state index in [4.69, 9.17) is 0 Å². The Balaban J connectivity index is 1.94. The summed E-state index contributed by atoms with van der Waals surface area (Å²) in [6, 6.07) is 15.1. The van der Waals surface area contributed by atoms with Gasteiger partial charge in [-0.15, -0.1) is 0 Å². The van der Waals surface area contributed by atoms with Gasteiger partial charge in [0.2, 0.25) is 0 Å². The summed E-state index contributed by atoms with van der Waals surface area (Å²) in [7, 11) is 1.30. The van der Waals surface area contributed by atoms with Crippen LogP contribution in [0.2, 0.25) is 0 Å². The first-order valence-corrected chi connectivity index (χ1v) is 7.83. The molecule has 6 heteroatoms. The number of anilines is 1. The molecule has 0 aliphatic heterocycles. The van der Waals surface area contributed by atoms with Crippen molar-refractivity contribution in [2.45, 2.75) is 19.4 Å². The second-order valence-electron chi connectivity index (χ2n) is 5.55. The van der Waals surface area contributed by atoms with E-state index in [1.807, 2.05) is 6.07 Å². The van der Waals surface area contributed by atoms with Gasteiger partial charge in [-0.3, -0.25) is 14.4 Å². The monoisotopic (exact) mass is 340 g/mol. The largest absolute Gasteiger partial charge is 0.469 e. The molecule has 2 N–H and O–H groups in total. The molecule has 0 aromatic heterocycles. The Bertz CT molecular complexity index is 742. The van der Waals surface area contributed by atoms with Crippen LogP contribution >= 0.6 is 0 Å². The van der Waals surface area contributed by atoms with Gasteiger partial charge < -0.3 is 15.4 Å². The Morgan fingerprint density at radius 2 is 1.52 bits per heavy atom. The number of benzene rings is 2. The van der Waals surface area contributed by atoms with Crippen molar-refractivity contribution in [2.75, 3.05) is 12.4 Å². The number of carbonyl (C=O) groups excluding carboxylic acids is 3. The van der Waals surface area contributed by atoms with Crippen LogP contribution in [0.4, 0.5) is 5.69 Å². The summed E-state index contributed by atoms with van der Waals surface area (Å²) in [4.78, 5) is 35.4. The van der Waals surface area contributed by atoms with E-state index in [-0.39, 0.29) is 30.2 Å². The topological polar surface area (TPSA) is 84.5 Å². The fourth-order valence-electron chi connectivity index (χ4n) is 2.19. The molecule has 0 spiro atoms. The van der Waals surface area contributed by atoms with Crippen LogP contribution in [0.25, 0.3) is 0 Å². The van der Waals surface area contributed by atoms with Gasteiger partial charge in [0, 0.05) is 22.9 Å². The number of esters is 1. The average molecular weight is 340 g/mol. The third kappa shape index (κ3) is 5.46. The van der Waals surface area contributed by atoms with Crippen LogP contribution < -0.4 is 10.6 Å². The summed E-state index contributed by atoms with van der Waals surface area (Å²) in [5, 5.41) is 5.49. The Hall–Kier alpha value is -3.15. The number of hydrogen-bond donors (Lipinski definition) is 2. The van der Waals surface area contributed by atoms with Crippen LogP contribution in [-0.2, 0) is 9.53 Å². The third-order valence-corrected chi connectivity index (χ3v) is 3.52. The Morgan fingerprint density at radius 3 is 2.12 bits per heavy atom. The van der Waals surface area contributed by atoms with Crippen LogP contribution in [0.1, 0.15) is 34.1 Å². The molecule has 25 heavy (non-hydrogen) atoms. The Morgan fingerprint density at radius 1 is 0.920 bits per heavy atom. The molecule has 0 radical (unpaired) electrons. The van der Waals surface area contributed by atoms with Gasteiger partial charge in [-0.05, 0) is 43.3 Å². The predicted molar refractivity (Wildman–Crippen MR) is 94.4 cm³/mol. The smallest absolute Gasteiger partial charge is 0.307 e. The maximum absolute atomic E-state index is 12.1. The molecule has 1 unspecified atom stereocenters. The summed E-state index contributed by atoms with van der Waals surface area (Å²) in [5.41, 5.74) is 1.59. The molecule has 0 bridgehead atoms. The zero-order valence-corrected chi connectivity index (χ0v) is 14.1. The predicted octanol–water partition coefficient (Wildman–Crippen LogP) is 2.62. The van der Waals surface area contributed by atoms with Crippen LogP contribution in [-0.4, -0.2) is 30.9 Å². The van der Waals surface area contributed by atoms with E-state index in [1.54, 1.807) is 55.5 Å². The fraction of sp³-hybridized carbons (Fsp3) is 0.211. The number of rotatable bonds is 6. The van der Waals surface area contributed by atoms with Crippen molar-refractivity contribution in [2.24, 2.45) is 0 Å². The van der Waals surface area contributed by atoms with Gasteiger partial charge in [0.1, 0.15) is 0 Å². The van der Waals surface area contributed by atoms with Crippen molar-refractivity contribution in [3.05, 3.63) is 65.7 Å². The zero-order chi connectivity index (χ0) is 18.2. The second kappa shape index (κ2) is 8.63. The van der Waals surface area contributed by atoms with E-state index >= 15 is 0 Å². The molecule has 130 valence electrons. The molecule has 1 atom stereocenters. The maximum atomic E-state index is 12.1. The van der Waals surface area contributed by atoms with E-state index in [2.05, 4.69) is 15.4 Å². The van der Waals surface area contributed by atoms with E-state index in [9.17, 15) is 14.4 Å². The molecular weight excluding hydrogens is 320 g/mol. The first-order valence-electron chi connectivity index (χ1n) is 7.83. The lowest BCUT2D eigenvalue weighted by atomic mass is 10.1. The van der Waals surface area contributed by atoms with Gasteiger partial charge in [-0.25, -0.2) is 0 Å². The van der Waals surface area contributed by atoms with Gasteiger partial charge in [-0.2, -0.15) is 0 Å². The van der Waals surface area contributed by atoms with Crippen LogP contribution in [0.5, 0.6) is 0 Å². The number of nitrogens with one attached hydrogen (secondary N) is 2. The minimum Gasteiger partial charge on any atom is -0.469 e. The average Bonchev–Trinajstić information content (AvgIpc) is 2.62. The maximum Gasteiger partial charge on any atom is 0.307 e. The number of hydrogen-bond acceptors (Lipinski definition) is 4. The molecule has 0 saturated heterocycles. The summed E-state index contributed by atoms with van der Waals surface area (Å²) in [5.74, 6) is -0.895.